The van der Waals surface area contributed by atoms with E-state index < -0.39 is 12.0 Å². The first-order valence-corrected chi connectivity index (χ1v) is 10.8. The zero-order valence-electron chi connectivity index (χ0n) is 18.0. The van der Waals surface area contributed by atoms with E-state index in [1.165, 1.54) is 4.90 Å². The number of benzene rings is 2. The Balaban J connectivity index is 1.39. The van der Waals surface area contributed by atoms with Gasteiger partial charge in [0.25, 0.3) is 5.88 Å². The first-order chi connectivity index (χ1) is 15.6. The quantitative estimate of drug-likeness (QED) is 0.496. The van der Waals surface area contributed by atoms with Crippen LogP contribution in [0.4, 0.5) is 4.79 Å². The number of hydrogen-bond donors (Lipinski definition) is 0. The smallest absolute Gasteiger partial charge is 0.416 e. The van der Waals surface area contributed by atoms with Gasteiger partial charge in [0.05, 0.1) is 6.04 Å². The molecule has 2 amide bonds. The molecule has 1 aliphatic rings. The molecule has 0 unspecified atom stereocenters. The molecule has 1 aromatic heterocycles. The summed E-state index contributed by atoms with van der Waals surface area (Å²) in [5.41, 5.74) is 2.08. The van der Waals surface area contributed by atoms with Gasteiger partial charge in [-0.25, -0.2) is 9.69 Å². The maximum atomic E-state index is 13.2. The van der Waals surface area contributed by atoms with Crippen molar-refractivity contribution in [1.82, 2.24) is 10.1 Å². The van der Waals surface area contributed by atoms with Crippen molar-refractivity contribution in [3.8, 4) is 5.88 Å². The highest BCUT2D eigenvalue weighted by molar-refractivity contribution is 5.94. The third-order valence-electron chi connectivity index (χ3n) is 5.57. The second-order valence-corrected chi connectivity index (χ2v) is 7.84. The predicted molar refractivity (Wildman–Crippen MR) is 117 cm³/mol. The normalized spacial score (nSPS) is 16.6. The van der Waals surface area contributed by atoms with Crippen LogP contribution in [0.15, 0.2) is 71.3 Å². The minimum absolute atomic E-state index is 0.204. The Labute approximate surface area is 186 Å². The molecule has 32 heavy (non-hydrogen) atoms. The minimum Gasteiger partial charge on any atom is -0.471 e. The molecule has 0 spiro atoms. The van der Waals surface area contributed by atoms with Crippen molar-refractivity contribution in [3.63, 3.8) is 0 Å². The standard InChI is InChI=1S/C25H26N2O5/c1-2-20(14-22-15-23(26-32-22)30-16-19-11-7-4-8-12-19)24(28)27-21(17-31-25(27)29)13-18-9-5-3-6-10-18/h3-12,15,20-21H,2,13-14,16-17H2,1H3/t20-,21+/m1/s1. The van der Waals surface area contributed by atoms with Gasteiger partial charge in [-0.2, -0.15) is 0 Å². The molecule has 0 radical (unpaired) electrons. The highest BCUT2D eigenvalue weighted by atomic mass is 16.6. The second-order valence-electron chi connectivity index (χ2n) is 7.84. The average Bonchev–Trinajstić information content (AvgIpc) is 3.43. The number of nitrogens with zero attached hydrogens (tertiary/aromatic N) is 2. The van der Waals surface area contributed by atoms with E-state index in [-0.39, 0.29) is 18.6 Å². The number of carbonyl (C=O) groups is 2. The van der Waals surface area contributed by atoms with Crippen molar-refractivity contribution in [2.75, 3.05) is 6.61 Å². The first kappa shape index (κ1) is 21.6. The molecule has 2 aromatic carbocycles. The van der Waals surface area contributed by atoms with Crippen molar-refractivity contribution in [2.45, 2.75) is 38.8 Å². The molecule has 1 aliphatic heterocycles. The average molecular weight is 434 g/mol. The summed E-state index contributed by atoms with van der Waals surface area (Å²) in [6.07, 6.45) is 0.869. The number of cyclic esters (lactones) is 1. The van der Waals surface area contributed by atoms with Crippen LogP contribution in [0.3, 0.4) is 0 Å². The zero-order chi connectivity index (χ0) is 22.3. The van der Waals surface area contributed by atoms with Crippen LogP contribution < -0.4 is 4.74 Å². The van der Waals surface area contributed by atoms with Crippen LogP contribution in [0.1, 0.15) is 30.2 Å². The van der Waals surface area contributed by atoms with Crippen LogP contribution in [0.25, 0.3) is 0 Å². The lowest BCUT2D eigenvalue weighted by atomic mass is 9.97. The molecule has 2 atom stereocenters. The third-order valence-corrected chi connectivity index (χ3v) is 5.57. The van der Waals surface area contributed by atoms with E-state index in [4.69, 9.17) is 14.0 Å². The Bertz CT molecular complexity index is 1030. The van der Waals surface area contributed by atoms with Crippen molar-refractivity contribution in [2.24, 2.45) is 5.92 Å². The van der Waals surface area contributed by atoms with Crippen LogP contribution in [-0.4, -0.2) is 34.7 Å². The molecule has 0 saturated carbocycles. The minimum atomic E-state index is -0.584. The SMILES string of the molecule is CC[C@H](Cc1cc(OCc2ccccc2)no1)C(=O)N1C(=O)OC[C@@H]1Cc1ccccc1. The highest BCUT2D eigenvalue weighted by Crippen LogP contribution is 2.24. The van der Waals surface area contributed by atoms with Gasteiger partial charge in [-0.1, -0.05) is 67.6 Å². The van der Waals surface area contributed by atoms with Gasteiger partial charge in [-0.05, 0) is 29.1 Å². The summed E-state index contributed by atoms with van der Waals surface area (Å²) < 4.78 is 16.3. The maximum Gasteiger partial charge on any atom is 0.416 e. The van der Waals surface area contributed by atoms with E-state index in [2.05, 4.69) is 5.16 Å². The van der Waals surface area contributed by atoms with Crippen molar-refractivity contribution >= 4 is 12.0 Å². The van der Waals surface area contributed by atoms with E-state index in [0.717, 1.165) is 11.1 Å². The maximum absolute atomic E-state index is 13.2. The van der Waals surface area contributed by atoms with E-state index in [9.17, 15) is 9.59 Å². The van der Waals surface area contributed by atoms with Crippen molar-refractivity contribution < 1.29 is 23.6 Å². The summed E-state index contributed by atoms with van der Waals surface area (Å²) in [6, 6.07) is 20.9. The highest BCUT2D eigenvalue weighted by Gasteiger charge is 2.40. The monoisotopic (exact) mass is 434 g/mol. The summed E-state index contributed by atoms with van der Waals surface area (Å²) in [7, 11) is 0. The molecule has 0 bridgehead atoms. The largest absolute Gasteiger partial charge is 0.471 e. The summed E-state index contributed by atoms with van der Waals surface area (Å²) in [6.45, 7) is 2.50. The Hall–Kier alpha value is -3.61. The number of hydrogen-bond acceptors (Lipinski definition) is 6. The van der Waals surface area contributed by atoms with Gasteiger partial charge in [-0.15, -0.1) is 0 Å². The van der Waals surface area contributed by atoms with Gasteiger partial charge >= 0.3 is 6.09 Å². The fraction of sp³-hybridized carbons (Fsp3) is 0.320. The lowest BCUT2D eigenvalue weighted by molar-refractivity contribution is -0.133. The number of amides is 2. The molecule has 1 fully saturated rings. The molecule has 7 heteroatoms. The van der Waals surface area contributed by atoms with Crippen molar-refractivity contribution in [1.29, 1.82) is 0 Å². The summed E-state index contributed by atoms with van der Waals surface area (Å²) in [5.74, 6) is 0.238. The topological polar surface area (TPSA) is 81.9 Å². The second kappa shape index (κ2) is 10.1. The molecule has 4 rings (SSSR count). The van der Waals surface area contributed by atoms with Crippen LogP contribution >= 0.6 is 0 Å². The molecule has 166 valence electrons. The van der Waals surface area contributed by atoms with Gasteiger partial charge in [0.2, 0.25) is 5.91 Å². The number of ether oxygens (including phenoxy) is 2. The molecule has 7 nitrogen and oxygen atoms in total. The molecule has 3 aromatic rings. The van der Waals surface area contributed by atoms with Crippen molar-refractivity contribution in [3.05, 3.63) is 83.6 Å². The number of carbonyl (C=O) groups excluding carboxylic acids is 2. The van der Waals surface area contributed by atoms with Gasteiger partial charge in [0.15, 0.2) is 0 Å². The van der Waals surface area contributed by atoms with E-state index in [1.807, 2.05) is 67.6 Å². The fourth-order valence-corrected chi connectivity index (χ4v) is 3.80. The summed E-state index contributed by atoms with van der Waals surface area (Å²) in [4.78, 5) is 26.8. The number of aromatic nitrogens is 1. The summed E-state index contributed by atoms with van der Waals surface area (Å²) >= 11 is 0. The molecule has 2 heterocycles. The van der Waals surface area contributed by atoms with E-state index >= 15 is 0 Å². The van der Waals surface area contributed by atoms with E-state index in [0.29, 0.717) is 37.5 Å². The lowest BCUT2D eigenvalue weighted by Crippen LogP contribution is -2.44. The van der Waals surface area contributed by atoms with Gasteiger partial charge < -0.3 is 14.0 Å². The predicted octanol–water partition coefficient (Wildman–Crippen LogP) is 4.41. The molecule has 1 saturated heterocycles. The molecule has 0 N–H and O–H groups in total. The number of imide groups is 1. The van der Waals surface area contributed by atoms with Gasteiger partial charge in [0.1, 0.15) is 19.0 Å². The Morgan fingerprint density at radius 2 is 1.81 bits per heavy atom. The van der Waals surface area contributed by atoms with Gasteiger partial charge in [0, 0.05) is 18.4 Å². The van der Waals surface area contributed by atoms with Crippen LogP contribution in [0.5, 0.6) is 5.88 Å². The zero-order valence-corrected chi connectivity index (χ0v) is 18.0. The number of rotatable bonds is 9. The first-order valence-electron chi connectivity index (χ1n) is 10.8. The van der Waals surface area contributed by atoms with E-state index in [1.54, 1.807) is 6.07 Å². The third kappa shape index (κ3) is 5.17. The van der Waals surface area contributed by atoms with Crippen LogP contribution in [0, 0.1) is 5.92 Å². The fourth-order valence-electron chi connectivity index (χ4n) is 3.80. The Kier molecular flexibility index (Phi) is 6.84. The molecular formula is C25H26N2O5. The van der Waals surface area contributed by atoms with Crippen LogP contribution in [-0.2, 0) is 29.0 Å². The Morgan fingerprint density at radius 3 is 2.50 bits per heavy atom. The lowest BCUT2D eigenvalue weighted by Gasteiger charge is -2.23. The molecule has 0 aliphatic carbocycles. The summed E-state index contributed by atoms with van der Waals surface area (Å²) in [5, 5.41) is 3.95. The Morgan fingerprint density at radius 1 is 1.12 bits per heavy atom. The van der Waals surface area contributed by atoms with Gasteiger partial charge in [-0.3, -0.25) is 4.79 Å². The van der Waals surface area contributed by atoms with Crippen LogP contribution in [0.2, 0.25) is 0 Å². The molecular weight excluding hydrogens is 408 g/mol.